The van der Waals surface area contributed by atoms with Gasteiger partial charge < -0.3 is 11.5 Å². The summed E-state index contributed by atoms with van der Waals surface area (Å²) < 4.78 is 0. The van der Waals surface area contributed by atoms with Gasteiger partial charge in [-0.1, -0.05) is 45.6 Å². The number of H-pyrrole nitrogens is 1. The van der Waals surface area contributed by atoms with Crippen molar-refractivity contribution in [2.24, 2.45) is 0 Å². The maximum absolute atomic E-state index is 5.77. The highest BCUT2D eigenvalue weighted by molar-refractivity contribution is 5.91. The molecule has 0 bridgehead atoms. The third kappa shape index (κ3) is 4.42. The summed E-state index contributed by atoms with van der Waals surface area (Å²) in [7, 11) is 0. The number of rotatable bonds is 4. The minimum absolute atomic E-state index is 0.178. The number of hydrogen-bond acceptors (Lipinski definition) is 5. The molecule has 0 saturated heterocycles. The summed E-state index contributed by atoms with van der Waals surface area (Å²) in [4.78, 5) is 8.08. The Balaban J connectivity index is 0.000000277. The van der Waals surface area contributed by atoms with Crippen LogP contribution in [0, 0.1) is 0 Å². The number of hydrogen-bond donors (Lipinski definition) is 3. The van der Waals surface area contributed by atoms with Crippen molar-refractivity contribution in [3.63, 3.8) is 0 Å². The van der Waals surface area contributed by atoms with E-state index < -0.39 is 0 Å². The van der Waals surface area contributed by atoms with Gasteiger partial charge in [0.2, 0.25) is 5.95 Å². The summed E-state index contributed by atoms with van der Waals surface area (Å²) in [5, 5.41) is 7.59. The first-order valence-corrected chi connectivity index (χ1v) is 7.98. The number of unbranched alkanes of at least 4 members (excludes halogenated alkanes) is 3. The number of fused-ring (bicyclic) bond motifs is 1. The van der Waals surface area contributed by atoms with Crippen LogP contribution in [0.5, 0.6) is 0 Å². The highest BCUT2D eigenvalue weighted by atomic mass is 15.1. The van der Waals surface area contributed by atoms with Crippen LogP contribution >= 0.6 is 0 Å². The third-order valence-electron chi connectivity index (χ3n) is 3.51. The second kappa shape index (κ2) is 8.12. The van der Waals surface area contributed by atoms with Gasteiger partial charge in [0.25, 0.3) is 0 Å². The van der Waals surface area contributed by atoms with Crippen LogP contribution in [0.1, 0.15) is 39.5 Å². The molecular formula is C17H24N6. The molecule has 0 unspecified atom stereocenters. The van der Waals surface area contributed by atoms with Crippen LogP contribution in [0.4, 0.5) is 11.8 Å². The molecule has 0 aliphatic rings. The first kappa shape index (κ1) is 16.7. The molecule has 6 heteroatoms. The fourth-order valence-electron chi connectivity index (χ4n) is 2.26. The number of nitrogens with two attached hydrogens (primary N) is 2. The molecule has 0 atom stereocenters. The van der Waals surface area contributed by atoms with Gasteiger partial charge in [-0.3, -0.25) is 5.10 Å². The van der Waals surface area contributed by atoms with Gasteiger partial charge in [-0.15, -0.1) is 0 Å². The summed E-state index contributed by atoms with van der Waals surface area (Å²) in [5.74, 6) is 0.570. The van der Waals surface area contributed by atoms with Crippen molar-refractivity contribution in [2.45, 2.75) is 39.5 Å². The molecule has 3 rings (SSSR count). The van der Waals surface area contributed by atoms with Crippen molar-refractivity contribution >= 4 is 22.7 Å². The molecule has 6 nitrogen and oxygen atoms in total. The van der Waals surface area contributed by atoms with Gasteiger partial charge in [0.05, 0.1) is 11.2 Å². The largest absolute Gasteiger partial charge is 0.383 e. The molecule has 0 radical (unpaired) electrons. The Labute approximate surface area is 136 Å². The number of benzene rings is 1. The molecule has 0 aliphatic heterocycles. The van der Waals surface area contributed by atoms with Gasteiger partial charge in [0.15, 0.2) is 0 Å². The zero-order valence-corrected chi connectivity index (χ0v) is 13.7. The standard InChI is InChI=1S/C11H10N6.C6H14/c12-10-7-2-1-6(8-3-4-14-17-8)5-9(7)15-11(13)16-10;1-3-5-6-4-2/h1-5H,(H,14,17)(H4,12,13,15,16);3-6H2,1-2H3. The second-order valence-corrected chi connectivity index (χ2v) is 5.38. The molecule has 122 valence electrons. The van der Waals surface area contributed by atoms with Crippen LogP contribution < -0.4 is 11.5 Å². The van der Waals surface area contributed by atoms with Crippen LogP contribution in [0.3, 0.4) is 0 Å². The number of aromatic nitrogens is 4. The monoisotopic (exact) mass is 312 g/mol. The maximum atomic E-state index is 5.77. The molecule has 2 heterocycles. The van der Waals surface area contributed by atoms with E-state index in [9.17, 15) is 0 Å². The number of nitrogens with zero attached hydrogens (tertiary/aromatic N) is 3. The Bertz CT molecular complexity index is 732. The molecule has 0 amide bonds. The minimum atomic E-state index is 0.178. The van der Waals surface area contributed by atoms with E-state index >= 15 is 0 Å². The highest BCUT2D eigenvalue weighted by Gasteiger charge is 2.05. The van der Waals surface area contributed by atoms with Gasteiger partial charge >= 0.3 is 0 Å². The van der Waals surface area contributed by atoms with Crippen LogP contribution in [-0.4, -0.2) is 20.2 Å². The van der Waals surface area contributed by atoms with Crippen LogP contribution in [0.2, 0.25) is 0 Å². The number of anilines is 2. The SMILES string of the molecule is CCCCCC.Nc1nc(N)c2ccc(-c3ccn[nH]3)cc2n1. The van der Waals surface area contributed by atoms with Crippen molar-refractivity contribution in [3.8, 4) is 11.3 Å². The summed E-state index contributed by atoms with van der Waals surface area (Å²) in [6.07, 6.45) is 7.23. The van der Waals surface area contributed by atoms with Gasteiger partial charge in [-0.25, -0.2) is 4.98 Å². The van der Waals surface area contributed by atoms with E-state index in [0.29, 0.717) is 5.82 Å². The summed E-state index contributed by atoms with van der Waals surface area (Å²) in [6.45, 7) is 4.46. The topological polar surface area (TPSA) is 106 Å². The van der Waals surface area contributed by atoms with Crippen molar-refractivity contribution < 1.29 is 0 Å². The molecule has 5 N–H and O–H groups in total. The molecule has 23 heavy (non-hydrogen) atoms. The molecule has 0 spiro atoms. The number of nitrogen functional groups attached to an aromatic ring is 2. The lowest BCUT2D eigenvalue weighted by Gasteiger charge is -2.04. The first-order chi connectivity index (χ1) is 11.2. The first-order valence-electron chi connectivity index (χ1n) is 7.98. The Morgan fingerprint density at radius 3 is 2.35 bits per heavy atom. The molecule has 3 aromatic rings. The lowest BCUT2D eigenvalue weighted by molar-refractivity contribution is 0.702. The van der Waals surface area contributed by atoms with E-state index in [2.05, 4.69) is 34.0 Å². The fraction of sp³-hybridized carbons (Fsp3) is 0.353. The predicted molar refractivity (Wildman–Crippen MR) is 95.8 cm³/mol. The zero-order chi connectivity index (χ0) is 16.7. The van der Waals surface area contributed by atoms with E-state index in [4.69, 9.17) is 11.5 Å². The summed E-state index contributed by atoms with van der Waals surface area (Å²) in [6, 6.07) is 7.60. The number of aromatic amines is 1. The summed E-state index contributed by atoms with van der Waals surface area (Å²) >= 11 is 0. The van der Waals surface area contributed by atoms with Crippen LogP contribution in [-0.2, 0) is 0 Å². The molecule has 0 saturated carbocycles. The van der Waals surface area contributed by atoms with Gasteiger partial charge in [-0.2, -0.15) is 10.1 Å². The van der Waals surface area contributed by atoms with Crippen molar-refractivity contribution in [3.05, 3.63) is 30.5 Å². The molecule has 1 aromatic carbocycles. The third-order valence-corrected chi connectivity index (χ3v) is 3.51. The Morgan fingerprint density at radius 1 is 1.00 bits per heavy atom. The Morgan fingerprint density at radius 2 is 1.74 bits per heavy atom. The second-order valence-electron chi connectivity index (χ2n) is 5.38. The lowest BCUT2D eigenvalue weighted by atomic mass is 10.1. The van der Waals surface area contributed by atoms with Crippen LogP contribution in [0.15, 0.2) is 30.5 Å². The summed E-state index contributed by atoms with van der Waals surface area (Å²) in [5.41, 5.74) is 14.0. The minimum Gasteiger partial charge on any atom is -0.383 e. The van der Waals surface area contributed by atoms with E-state index in [1.807, 2.05) is 24.3 Å². The van der Waals surface area contributed by atoms with Crippen molar-refractivity contribution in [1.29, 1.82) is 0 Å². The van der Waals surface area contributed by atoms with E-state index in [0.717, 1.165) is 22.2 Å². The molecular weight excluding hydrogens is 288 g/mol. The quantitative estimate of drug-likeness (QED) is 0.636. The lowest BCUT2D eigenvalue weighted by Crippen LogP contribution is -2.00. The molecule has 0 fully saturated rings. The average molecular weight is 312 g/mol. The van der Waals surface area contributed by atoms with Crippen molar-refractivity contribution in [2.75, 3.05) is 11.5 Å². The zero-order valence-electron chi connectivity index (χ0n) is 13.7. The fourth-order valence-corrected chi connectivity index (χ4v) is 2.26. The van der Waals surface area contributed by atoms with Crippen molar-refractivity contribution in [1.82, 2.24) is 20.2 Å². The van der Waals surface area contributed by atoms with E-state index in [1.165, 1.54) is 25.7 Å². The Hall–Kier alpha value is -2.63. The smallest absolute Gasteiger partial charge is 0.222 e. The van der Waals surface area contributed by atoms with Gasteiger partial charge in [-0.05, 0) is 18.2 Å². The molecule has 0 aliphatic carbocycles. The highest BCUT2D eigenvalue weighted by Crippen LogP contribution is 2.24. The van der Waals surface area contributed by atoms with Gasteiger partial charge in [0, 0.05) is 17.1 Å². The predicted octanol–water partition coefficient (Wildman–Crippen LogP) is 3.77. The normalized spacial score (nSPS) is 10.3. The van der Waals surface area contributed by atoms with Crippen LogP contribution in [0.25, 0.3) is 22.2 Å². The van der Waals surface area contributed by atoms with E-state index in [1.54, 1.807) is 6.20 Å². The number of nitrogens with one attached hydrogen (secondary N) is 1. The molecule has 2 aromatic heterocycles. The average Bonchev–Trinajstić information content (AvgIpc) is 3.07. The Kier molecular flexibility index (Phi) is 5.91. The van der Waals surface area contributed by atoms with Gasteiger partial charge in [0.1, 0.15) is 5.82 Å². The maximum Gasteiger partial charge on any atom is 0.222 e. The van der Waals surface area contributed by atoms with E-state index in [-0.39, 0.29) is 5.95 Å².